The van der Waals surface area contributed by atoms with Gasteiger partial charge in [-0.05, 0) is 25.7 Å². The van der Waals surface area contributed by atoms with Crippen LogP contribution in [0.3, 0.4) is 0 Å². The summed E-state index contributed by atoms with van der Waals surface area (Å²) in [6.07, 6.45) is -1.24. The summed E-state index contributed by atoms with van der Waals surface area (Å²) in [5, 5.41) is 42.8. The van der Waals surface area contributed by atoms with Crippen molar-refractivity contribution in [1.82, 2.24) is 0 Å². The van der Waals surface area contributed by atoms with Crippen LogP contribution < -0.4 is 0 Å². The highest BCUT2D eigenvalue weighted by atomic mass is 16.6. The Kier molecular flexibility index (Phi) is 2.89. The van der Waals surface area contributed by atoms with Gasteiger partial charge in [0, 0.05) is 5.41 Å². The number of hydrogen-bond donors (Lipinski definition) is 4. The number of aliphatic hydroxyl groups excluding tert-OH is 2. The number of ether oxygens (including phenoxy) is 1. The zero-order chi connectivity index (χ0) is 15.8. The van der Waals surface area contributed by atoms with Crippen molar-refractivity contribution in [2.75, 3.05) is 6.61 Å². The summed E-state index contributed by atoms with van der Waals surface area (Å²) in [6, 6.07) is 0. The predicted octanol–water partition coefficient (Wildman–Crippen LogP) is -0.427. The van der Waals surface area contributed by atoms with Gasteiger partial charge in [-0.2, -0.15) is 0 Å². The number of carbonyl (C=O) groups excluding carboxylic acids is 1. The van der Waals surface area contributed by atoms with E-state index in [0.29, 0.717) is 12.8 Å². The molecule has 4 N–H and O–H groups in total. The van der Waals surface area contributed by atoms with E-state index in [-0.39, 0.29) is 12.3 Å². The fourth-order valence-electron chi connectivity index (χ4n) is 5.26. The summed E-state index contributed by atoms with van der Waals surface area (Å²) >= 11 is 0. The van der Waals surface area contributed by atoms with Gasteiger partial charge < -0.3 is 25.2 Å². The van der Waals surface area contributed by atoms with Gasteiger partial charge in [0.1, 0.15) is 17.3 Å². The second-order valence-corrected chi connectivity index (χ2v) is 7.57. The van der Waals surface area contributed by atoms with E-state index in [1.165, 1.54) is 6.92 Å². The molecule has 2 aliphatic carbocycles. The van der Waals surface area contributed by atoms with E-state index in [4.69, 9.17) is 4.74 Å². The largest absolute Gasteiger partial charge is 0.459 e. The van der Waals surface area contributed by atoms with Crippen molar-refractivity contribution in [3.8, 4) is 0 Å². The Hall–Kier alpha value is -0.690. The topological polar surface area (TPSA) is 107 Å². The first kappa shape index (κ1) is 15.2. The minimum absolute atomic E-state index is 0.00387. The Labute approximate surface area is 123 Å². The molecule has 21 heavy (non-hydrogen) atoms. The zero-order valence-corrected chi connectivity index (χ0v) is 12.7. The van der Waals surface area contributed by atoms with Gasteiger partial charge in [0.2, 0.25) is 0 Å². The quantitative estimate of drug-likeness (QED) is 0.490. The van der Waals surface area contributed by atoms with Gasteiger partial charge in [-0.15, -0.1) is 0 Å². The minimum Gasteiger partial charge on any atom is -0.459 e. The molecule has 3 rings (SSSR count). The molecule has 0 aromatic carbocycles. The first-order valence-corrected chi connectivity index (χ1v) is 7.50. The lowest BCUT2D eigenvalue weighted by Crippen LogP contribution is -2.79. The average molecular weight is 300 g/mol. The van der Waals surface area contributed by atoms with E-state index in [2.05, 4.69) is 0 Å². The summed E-state index contributed by atoms with van der Waals surface area (Å²) in [6.45, 7) is 4.42. The Balaban J connectivity index is 2.27. The van der Waals surface area contributed by atoms with Crippen molar-refractivity contribution >= 4 is 5.97 Å². The summed E-state index contributed by atoms with van der Waals surface area (Å²) in [5.74, 6) is -0.569. The summed E-state index contributed by atoms with van der Waals surface area (Å²) in [5.41, 5.74) is -5.60. The second kappa shape index (κ2) is 3.98. The molecule has 7 atom stereocenters. The third-order valence-corrected chi connectivity index (χ3v) is 6.95. The molecular weight excluding hydrogens is 276 g/mol. The van der Waals surface area contributed by atoms with E-state index < -0.39 is 46.8 Å². The first-order valence-electron chi connectivity index (χ1n) is 7.50. The Morgan fingerprint density at radius 2 is 1.95 bits per heavy atom. The van der Waals surface area contributed by atoms with Crippen LogP contribution >= 0.6 is 0 Å². The molecule has 3 aliphatic rings. The molecule has 2 bridgehead atoms. The molecule has 0 radical (unpaired) electrons. The van der Waals surface area contributed by atoms with Crippen LogP contribution in [-0.2, 0) is 9.53 Å². The molecule has 3 fully saturated rings. The number of fused-ring (bicyclic) bond motifs is 1. The lowest BCUT2D eigenvalue weighted by atomic mass is 9.44. The van der Waals surface area contributed by atoms with Crippen LogP contribution in [0.1, 0.15) is 40.0 Å². The van der Waals surface area contributed by atoms with E-state index in [0.717, 1.165) is 0 Å². The minimum atomic E-state index is -1.73. The van der Waals surface area contributed by atoms with Crippen molar-refractivity contribution < 1.29 is 30.0 Å². The first-order chi connectivity index (χ1) is 9.57. The Bertz CT molecular complexity index is 491. The molecular formula is C15H24O6. The van der Waals surface area contributed by atoms with E-state index in [9.17, 15) is 25.2 Å². The number of esters is 1. The van der Waals surface area contributed by atoms with E-state index >= 15 is 0 Å². The molecule has 0 aromatic rings. The van der Waals surface area contributed by atoms with Crippen molar-refractivity contribution in [3.63, 3.8) is 0 Å². The maximum Gasteiger partial charge on any atom is 0.306 e. The zero-order valence-electron chi connectivity index (χ0n) is 12.7. The molecule has 3 unspecified atom stereocenters. The van der Waals surface area contributed by atoms with Crippen LogP contribution in [0.15, 0.2) is 0 Å². The Morgan fingerprint density at radius 3 is 2.52 bits per heavy atom. The molecule has 0 aromatic heterocycles. The normalized spacial score (nSPS) is 59.6. The highest BCUT2D eigenvalue weighted by molar-refractivity contribution is 5.73. The van der Waals surface area contributed by atoms with Crippen LogP contribution in [0.2, 0.25) is 0 Å². The SMILES string of the molecule is CC1CC(O)[C@@]2(O)[C@]13CC(=O)OC(C3)[C@](C)(O)[C@@]2(C)CO. The summed E-state index contributed by atoms with van der Waals surface area (Å²) in [7, 11) is 0. The van der Waals surface area contributed by atoms with Gasteiger partial charge >= 0.3 is 5.97 Å². The fourth-order valence-corrected chi connectivity index (χ4v) is 5.26. The van der Waals surface area contributed by atoms with Gasteiger partial charge in [-0.3, -0.25) is 4.79 Å². The number of rotatable bonds is 1. The molecule has 120 valence electrons. The van der Waals surface area contributed by atoms with Gasteiger partial charge in [0.25, 0.3) is 0 Å². The van der Waals surface area contributed by atoms with Gasteiger partial charge in [-0.25, -0.2) is 0 Å². The van der Waals surface area contributed by atoms with Crippen LogP contribution in [0, 0.1) is 16.7 Å². The monoisotopic (exact) mass is 300 g/mol. The third kappa shape index (κ3) is 1.36. The maximum absolute atomic E-state index is 12.0. The van der Waals surface area contributed by atoms with Crippen molar-refractivity contribution in [1.29, 1.82) is 0 Å². The molecule has 2 saturated carbocycles. The van der Waals surface area contributed by atoms with Crippen molar-refractivity contribution in [2.45, 2.75) is 63.4 Å². The van der Waals surface area contributed by atoms with Gasteiger partial charge in [0.05, 0.1) is 24.5 Å². The lowest BCUT2D eigenvalue weighted by Gasteiger charge is -2.66. The van der Waals surface area contributed by atoms with Crippen LogP contribution in [0.4, 0.5) is 0 Å². The number of hydrogen-bond acceptors (Lipinski definition) is 6. The molecule has 1 spiro atoms. The van der Waals surface area contributed by atoms with Crippen molar-refractivity contribution in [3.05, 3.63) is 0 Å². The van der Waals surface area contributed by atoms with E-state index in [1.54, 1.807) is 6.92 Å². The highest BCUT2D eigenvalue weighted by Gasteiger charge is 2.80. The summed E-state index contributed by atoms with van der Waals surface area (Å²) in [4.78, 5) is 12.0. The predicted molar refractivity (Wildman–Crippen MR) is 72.1 cm³/mol. The Morgan fingerprint density at radius 1 is 1.33 bits per heavy atom. The standard InChI is InChI=1S/C15H24O6/c1-8-4-9(17)15(20)12(2,7-16)13(3,19)10-5-14(8,15)6-11(18)21-10/h8-10,16-17,19-20H,4-7H2,1-3H3/t8?,9?,10?,12-,13+,14-,15+/m1/s1. The molecule has 0 amide bonds. The van der Waals surface area contributed by atoms with Crippen molar-refractivity contribution in [2.24, 2.45) is 16.7 Å². The van der Waals surface area contributed by atoms with Crippen LogP contribution in [0.5, 0.6) is 0 Å². The molecule has 6 nitrogen and oxygen atoms in total. The summed E-state index contributed by atoms with van der Waals surface area (Å²) < 4.78 is 5.31. The van der Waals surface area contributed by atoms with E-state index in [1.807, 2.05) is 6.92 Å². The van der Waals surface area contributed by atoms with Gasteiger partial charge in [0.15, 0.2) is 0 Å². The third-order valence-electron chi connectivity index (χ3n) is 6.95. The second-order valence-electron chi connectivity index (χ2n) is 7.57. The molecule has 1 heterocycles. The molecule has 6 heteroatoms. The van der Waals surface area contributed by atoms with Crippen LogP contribution in [-0.4, -0.2) is 56.4 Å². The average Bonchev–Trinajstić information content (AvgIpc) is 2.58. The molecule has 1 saturated heterocycles. The lowest BCUT2D eigenvalue weighted by molar-refractivity contribution is -0.337. The van der Waals surface area contributed by atoms with Crippen LogP contribution in [0.25, 0.3) is 0 Å². The highest BCUT2D eigenvalue weighted by Crippen LogP contribution is 2.69. The number of aliphatic hydroxyl groups is 4. The van der Waals surface area contributed by atoms with Gasteiger partial charge in [-0.1, -0.05) is 13.8 Å². The number of carbonyl (C=O) groups is 1. The maximum atomic E-state index is 12.0. The fraction of sp³-hybridized carbons (Fsp3) is 0.933. The molecule has 1 aliphatic heterocycles. The smallest absolute Gasteiger partial charge is 0.306 e.